The van der Waals surface area contributed by atoms with Crippen LogP contribution in [0.15, 0.2) is 28.8 Å². The molecule has 1 aliphatic rings. The van der Waals surface area contributed by atoms with Gasteiger partial charge in [0.2, 0.25) is 5.91 Å². The van der Waals surface area contributed by atoms with Crippen molar-refractivity contribution in [2.24, 2.45) is 5.73 Å². The largest absolute Gasteiger partial charge is 0.377 e. The number of aryl methyl sites for hydroxylation is 2. The first kappa shape index (κ1) is 17.6. The van der Waals surface area contributed by atoms with Crippen molar-refractivity contribution in [1.29, 1.82) is 0 Å². The van der Waals surface area contributed by atoms with Crippen molar-refractivity contribution < 1.29 is 14.1 Å². The van der Waals surface area contributed by atoms with Gasteiger partial charge in [0.25, 0.3) is 0 Å². The molecule has 1 atom stereocenters. The van der Waals surface area contributed by atoms with Crippen LogP contribution in [-0.4, -0.2) is 35.2 Å². The molecule has 6 heteroatoms. The third-order valence-corrected chi connectivity index (χ3v) is 4.69. The van der Waals surface area contributed by atoms with Gasteiger partial charge in [0.05, 0.1) is 11.8 Å². The third kappa shape index (κ3) is 4.46. The SMILES string of the molecule is Cc1noc(C)c1CN(Cc1ccc(C(N)=O)cc1)C[C@@H]1CCCO1. The van der Waals surface area contributed by atoms with Crippen molar-refractivity contribution in [3.8, 4) is 0 Å². The van der Waals surface area contributed by atoms with Crippen LogP contribution in [0.3, 0.4) is 0 Å². The molecular formula is C19H25N3O3. The second-order valence-corrected chi connectivity index (χ2v) is 6.67. The Bertz CT molecular complexity index is 699. The fourth-order valence-electron chi connectivity index (χ4n) is 3.25. The Labute approximate surface area is 147 Å². The van der Waals surface area contributed by atoms with Crippen LogP contribution in [0.25, 0.3) is 0 Å². The summed E-state index contributed by atoms with van der Waals surface area (Å²) in [4.78, 5) is 13.6. The highest BCUT2D eigenvalue weighted by atomic mass is 16.5. The van der Waals surface area contributed by atoms with Gasteiger partial charge in [-0.25, -0.2) is 0 Å². The summed E-state index contributed by atoms with van der Waals surface area (Å²) in [6, 6.07) is 7.46. The van der Waals surface area contributed by atoms with Crippen LogP contribution in [0.5, 0.6) is 0 Å². The van der Waals surface area contributed by atoms with Crippen LogP contribution in [0.1, 0.15) is 45.8 Å². The molecule has 0 saturated carbocycles. The minimum absolute atomic E-state index is 0.269. The number of primary amides is 1. The van der Waals surface area contributed by atoms with Crippen LogP contribution in [0.4, 0.5) is 0 Å². The summed E-state index contributed by atoms with van der Waals surface area (Å²) in [5.41, 5.74) is 9.04. The summed E-state index contributed by atoms with van der Waals surface area (Å²) >= 11 is 0. The summed E-state index contributed by atoms with van der Waals surface area (Å²) in [5, 5.41) is 4.05. The normalized spacial score (nSPS) is 17.3. The molecule has 2 heterocycles. The van der Waals surface area contributed by atoms with Gasteiger partial charge in [-0.15, -0.1) is 0 Å². The summed E-state index contributed by atoms with van der Waals surface area (Å²) in [6.07, 6.45) is 2.49. The number of rotatable bonds is 7. The van der Waals surface area contributed by atoms with Crippen molar-refractivity contribution in [3.05, 3.63) is 52.4 Å². The lowest BCUT2D eigenvalue weighted by atomic mass is 10.1. The summed E-state index contributed by atoms with van der Waals surface area (Å²) in [7, 11) is 0. The second kappa shape index (κ2) is 7.80. The molecule has 1 amide bonds. The first-order valence-corrected chi connectivity index (χ1v) is 8.67. The smallest absolute Gasteiger partial charge is 0.248 e. The Morgan fingerprint density at radius 1 is 1.28 bits per heavy atom. The van der Waals surface area contributed by atoms with Gasteiger partial charge in [0.15, 0.2) is 0 Å². The van der Waals surface area contributed by atoms with Gasteiger partial charge < -0.3 is 15.0 Å². The molecule has 0 spiro atoms. The molecule has 6 nitrogen and oxygen atoms in total. The Kier molecular flexibility index (Phi) is 5.50. The van der Waals surface area contributed by atoms with Crippen molar-refractivity contribution in [2.75, 3.05) is 13.2 Å². The van der Waals surface area contributed by atoms with E-state index in [0.717, 1.165) is 61.7 Å². The first-order valence-electron chi connectivity index (χ1n) is 8.67. The van der Waals surface area contributed by atoms with E-state index in [1.54, 1.807) is 12.1 Å². The zero-order valence-electron chi connectivity index (χ0n) is 14.8. The first-order chi connectivity index (χ1) is 12.0. The predicted molar refractivity (Wildman–Crippen MR) is 94.0 cm³/mol. The molecule has 0 radical (unpaired) electrons. The maximum absolute atomic E-state index is 11.2. The molecule has 3 rings (SSSR count). The van der Waals surface area contributed by atoms with Crippen LogP contribution in [0.2, 0.25) is 0 Å². The van der Waals surface area contributed by atoms with Gasteiger partial charge in [0.1, 0.15) is 5.76 Å². The van der Waals surface area contributed by atoms with E-state index in [4.69, 9.17) is 15.0 Å². The lowest BCUT2D eigenvalue weighted by Crippen LogP contribution is -2.31. The van der Waals surface area contributed by atoms with Crippen LogP contribution < -0.4 is 5.73 Å². The number of nitrogens with zero attached hydrogens (tertiary/aromatic N) is 2. The Morgan fingerprint density at radius 2 is 2.04 bits per heavy atom. The maximum atomic E-state index is 11.2. The number of amides is 1. The summed E-state index contributed by atoms with van der Waals surface area (Å²) < 4.78 is 11.1. The number of carbonyl (C=O) groups is 1. The van der Waals surface area contributed by atoms with Crippen LogP contribution in [-0.2, 0) is 17.8 Å². The molecular weight excluding hydrogens is 318 g/mol. The van der Waals surface area contributed by atoms with E-state index in [1.807, 2.05) is 26.0 Å². The standard InChI is InChI=1S/C19H25N3O3/c1-13-18(14(2)25-21-13)12-22(11-17-4-3-9-24-17)10-15-5-7-16(8-6-15)19(20)23/h5-8,17H,3-4,9-12H2,1-2H3,(H2,20,23)/t17-/m0/s1. The van der Waals surface area contributed by atoms with Gasteiger partial charge in [0, 0.05) is 37.4 Å². The van der Waals surface area contributed by atoms with Crippen molar-refractivity contribution >= 4 is 5.91 Å². The molecule has 1 aliphatic heterocycles. The van der Waals surface area contributed by atoms with Crippen molar-refractivity contribution in [3.63, 3.8) is 0 Å². The number of aromatic nitrogens is 1. The van der Waals surface area contributed by atoms with E-state index in [9.17, 15) is 4.79 Å². The molecule has 25 heavy (non-hydrogen) atoms. The van der Waals surface area contributed by atoms with E-state index < -0.39 is 5.91 Å². The van der Waals surface area contributed by atoms with Gasteiger partial charge in [-0.2, -0.15) is 0 Å². The number of ether oxygens (including phenoxy) is 1. The molecule has 1 fully saturated rings. The van der Waals surface area contributed by atoms with E-state index in [0.29, 0.717) is 5.56 Å². The third-order valence-electron chi connectivity index (χ3n) is 4.69. The zero-order valence-corrected chi connectivity index (χ0v) is 14.8. The van der Waals surface area contributed by atoms with Crippen LogP contribution >= 0.6 is 0 Å². The molecule has 0 bridgehead atoms. The van der Waals surface area contributed by atoms with Gasteiger partial charge in [-0.1, -0.05) is 17.3 Å². The average molecular weight is 343 g/mol. The minimum atomic E-state index is -0.404. The number of benzene rings is 1. The van der Waals surface area contributed by atoms with Gasteiger partial charge >= 0.3 is 0 Å². The van der Waals surface area contributed by atoms with Gasteiger partial charge in [-0.05, 0) is 44.4 Å². The molecule has 1 aromatic carbocycles. The fourth-order valence-corrected chi connectivity index (χ4v) is 3.25. The van der Waals surface area contributed by atoms with E-state index in [2.05, 4.69) is 10.1 Å². The zero-order chi connectivity index (χ0) is 17.8. The average Bonchev–Trinajstić information content (AvgIpc) is 3.20. The predicted octanol–water partition coefficient (Wildman–Crippen LogP) is 2.57. The minimum Gasteiger partial charge on any atom is -0.377 e. The lowest BCUT2D eigenvalue weighted by molar-refractivity contribution is 0.0677. The quantitative estimate of drug-likeness (QED) is 0.835. The number of hydrogen-bond donors (Lipinski definition) is 1. The topological polar surface area (TPSA) is 81.6 Å². The molecule has 1 aromatic heterocycles. The highest BCUT2D eigenvalue weighted by Gasteiger charge is 2.21. The molecule has 1 saturated heterocycles. The highest BCUT2D eigenvalue weighted by molar-refractivity contribution is 5.92. The molecule has 0 aliphatic carbocycles. The molecule has 2 N–H and O–H groups in total. The number of nitrogens with two attached hydrogens (primary N) is 1. The monoisotopic (exact) mass is 343 g/mol. The number of carbonyl (C=O) groups excluding carboxylic acids is 1. The van der Waals surface area contributed by atoms with E-state index in [1.165, 1.54) is 0 Å². The lowest BCUT2D eigenvalue weighted by Gasteiger charge is -2.25. The molecule has 2 aromatic rings. The summed E-state index contributed by atoms with van der Waals surface area (Å²) in [5.74, 6) is 0.456. The highest BCUT2D eigenvalue weighted by Crippen LogP contribution is 2.20. The van der Waals surface area contributed by atoms with Crippen molar-refractivity contribution in [1.82, 2.24) is 10.1 Å². The summed E-state index contributed by atoms with van der Waals surface area (Å²) in [6.45, 7) is 7.15. The number of hydrogen-bond acceptors (Lipinski definition) is 5. The molecule has 0 unspecified atom stereocenters. The van der Waals surface area contributed by atoms with Crippen molar-refractivity contribution in [2.45, 2.75) is 45.9 Å². The Balaban J connectivity index is 1.74. The fraction of sp³-hybridized carbons (Fsp3) is 0.474. The van der Waals surface area contributed by atoms with Gasteiger partial charge in [-0.3, -0.25) is 9.69 Å². The molecule has 134 valence electrons. The van der Waals surface area contributed by atoms with E-state index >= 15 is 0 Å². The van der Waals surface area contributed by atoms with E-state index in [-0.39, 0.29) is 6.10 Å². The Hall–Kier alpha value is -2.18. The Morgan fingerprint density at radius 3 is 2.60 bits per heavy atom. The second-order valence-electron chi connectivity index (χ2n) is 6.67. The van der Waals surface area contributed by atoms with Crippen LogP contribution in [0, 0.1) is 13.8 Å². The maximum Gasteiger partial charge on any atom is 0.248 e.